The van der Waals surface area contributed by atoms with Gasteiger partial charge in [0.25, 0.3) is 11.6 Å². The van der Waals surface area contributed by atoms with Gasteiger partial charge in [-0.2, -0.15) is 23.3 Å². The van der Waals surface area contributed by atoms with Crippen LogP contribution in [0.4, 0.5) is 13.2 Å². The van der Waals surface area contributed by atoms with Crippen molar-refractivity contribution < 1.29 is 23.1 Å². The summed E-state index contributed by atoms with van der Waals surface area (Å²) in [6.45, 7) is 1.77. The fraction of sp³-hybridized carbons (Fsp3) is 0.429. The number of nitrogens with zero attached hydrogens (tertiary/aromatic N) is 2. The monoisotopic (exact) mass is 334 g/mol. The molecule has 0 fully saturated rings. The van der Waals surface area contributed by atoms with Gasteiger partial charge in [-0.25, -0.2) is 0 Å². The second-order valence-electron chi connectivity index (χ2n) is 5.00. The number of hydrazone groups is 1. The number of benzene rings is 1. The molecule has 1 aliphatic rings. The molecule has 1 atom stereocenters. The van der Waals surface area contributed by atoms with Crippen molar-refractivity contribution in [3.8, 4) is 0 Å². The molecule has 1 aromatic rings. The summed E-state index contributed by atoms with van der Waals surface area (Å²) in [5.41, 5.74) is -3.36. The predicted octanol–water partition coefficient (Wildman–Crippen LogP) is 3.59. The van der Waals surface area contributed by atoms with E-state index in [1.165, 1.54) is 18.2 Å². The number of amides is 1. The average molecular weight is 335 g/mol. The molecule has 1 N–H and O–H groups in total. The van der Waals surface area contributed by atoms with Crippen molar-refractivity contribution in [2.45, 2.75) is 38.1 Å². The lowest BCUT2D eigenvalue weighted by Gasteiger charge is -2.32. The van der Waals surface area contributed by atoms with Crippen molar-refractivity contribution in [3.63, 3.8) is 0 Å². The SMILES string of the molecule is CCCC1=NN(C(=O)c2ccccc2Cl)[C@](O)(C(F)(F)F)C1. The lowest BCUT2D eigenvalue weighted by atomic mass is 10.0. The molecule has 0 aromatic heterocycles. The van der Waals surface area contributed by atoms with E-state index in [-0.39, 0.29) is 27.7 Å². The molecule has 4 nitrogen and oxygen atoms in total. The van der Waals surface area contributed by atoms with Gasteiger partial charge >= 0.3 is 6.18 Å². The minimum atomic E-state index is -5.02. The first kappa shape index (κ1) is 16.8. The fourth-order valence-electron chi connectivity index (χ4n) is 2.23. The highest BCUT2D eigenvalue weighted by atomic mass is 35.5. The van der Waals surface area contributed by atoms with Gasteiger partial charge in [-0.1, -0.05) is 37.1 Å². The highest BCUT2D eigenvalue weighted by Gasteiger charge is 2.63. The standard InChI is InChI=1S/C14H14ClF3N2O2/c1-2-5-9-8-13(22,14(16,17)18)20(19-9)12(21)10-6-3-4-7-11(10)15/h3-4,6-7,22H,2,5,8H2,1H3/t13-/m1/s1. The Kier molecular flexibility index (Phi) is 4.49. The summed E-state index contributed by atoms with van der Waals surface area (Å²) in [6.07, 6.45) is -4.95. The van der Waals surface area contributed by atoms with E-state index < -0.39 is 24.2 Å². The van der Waals surface area contributed by atoms with Crippen LogP contribution in [0.3, 0.4) is 0 Å². The van der Waals surface area contributed by atoms with E-state index in [4.69, 9.17) is 11.6 Å². The molecular weight excluding hydrogens is 321 g/mol. The minimum absolute atomic E-state index is 0.00355. The van der Waals surface area contributed by atoms with E-state index in [2.05, 4.69) is 5.10 Å². The zero-order chi connectivity index (χ0) is 16.5. The molecule has 0 bridgehead atoms. The maximum atomic E-state index is 13.2. The Morgan fingerprint density at radius 2 is 2.09 bits per heavy atom. The van der Waals surface area contributed by atoms with Crippen molar-refractivity contribution in [1.82, 2.24) is 5.01 Å². The van der Waals surface area contributed by atoms with Crippen LogP contribution in [-0.2, 0) is 0 Å². The Morgan fingerprint density at radius 3 is 2.64 bits per heavy atom. The van der Waals surface area contributed by atoms with Gasteiger partial charge in [0.2, 0.25) is 0 Å². The van der Waals surface area contributed by atoms with Crippen molar-refractivity contribution in [2.24, 2.45) is 5.10 Å². The molecule has 0 saturated carbocycles. The summed E-state index contributed by atoms with van der Waals surface area (Å²) >= 11 is 5.84. The number of alkyl halides is 3. The summed E-state index contributed by atoms with van der Waals surface area (Å²) in [5.74, 6) is -1.09. The molecule has 120 valence electrons. The fourth-order valence-corrected chi connectivity index (χ4v) is 2.44. The van der Waals surface area contributed by atoms with Gasteiger partial charge in [0, 0.05) is 12.1 Å². The smallest absolute Gasteiger partial charge is 0.362 e. The van der Waals surface area contributed by atoms with E-state index in [1.807, 2.05) is 0 Å². The second kappa shape index (κ2) is 5.89. The molecule has 1 heterocycles. The van der Waals surface area contributed by atoms with Crippen LogP contribution in [0.25, 0.3) is 0 Å². The lowest BCUT2D eigenvalue weighted by molar-refractivity contribution is -0.297. The van der Waals surface area contributed by atoms with Crippen LogP contribution in [0.15, 0.2) is 29.4 Å². The molecule has 1 aromatic carbocycles. The largest absolute Gasteiger partial charge is 0.438 e. The third kappa shape index (κ3) is 2.83. The number of hydrogen-bond acceptors (Lipinski definition) is 3. The Hall–Kier alpha value is -1.60. The van der Waals surface area contributed by atoms with Gasteiger partial charge in [0.15, 0.2) is 0 Å². The number of carbonyl (C=O) groups is 1. The molecule has 1 amide bonds. The third-order valence-corrected chi connectivity index (χ3v) is 3.66. The summed E-state index contributed by atoms with van der Waals surface area (Å²) in [7, 11) is 0. The Morgan fingerprint density at radius 1 is 1.45 bits per heavy atom. The number of hydrogen-bond donors (Lipinski definition) is 1. The van der Waals surface area contributed by atoms with E-state index in [0.717, 1.165) is 0 Å². The first-order valence-electron chi connectivity index (χ1n) is 6.65. The molecule has 8 heteroatoms. The number of halogens is 4. The molecule has 0 radical (unpaired) electrons. The molecule has 0 aliphatic carbocycles. The van der Waals surface area contributed by atoms with Crippen molar-refractivity contribution in [1.29, 1.82) is 0 Å². The van der Waals surface area contributed by atoms with Crippen LogP contribution < -0.4 is 0 Å². The van der Waals surface area contributed by atoms with Crippen LogP contribution in [0.5, 0.6) is 0 Å². The zero-order valence-electron chi connectivity index (χ0n) is 11.7. The Labute approximate surface area is 130 Å². The molecule has 1 aliphatic heterocycles. The van der Waals surface area contributed by atoms with Crippen LogP contribution in [0.2, 0.25) is 5.02 Å². The zero-order valence-corrected chi connectivity index (χ0v) is 12.4. The molecular formula is C14H14ClF3N2O2. The Balaban J connectivity index is 2.44. The van der Waals surface area contributed by atoms with Crippen LogP contribution in [0, 0.1) is 0 Å². The minimum Gasteiger partial charge on any atom is -0.362 e. The third-order valence-electron chi connectivity index (χ3n) is 3.33. The normalized spacial score (nSPS) is 21.9. The van der Waals surface area contributed by atoms with E-state index in [1.54, 1.807) is 13.0 Å². The van der Waals surface area contributed by atoms with Crippen molar-refractivity contribution in [2.75, 3.05) is 0 Å². The first-order valence-corrected chi connectivity index (χ1v) is 7.03. The molecule has 2 rings (SSSR count). The predicted molar refractivity (Wildman–Crippen MR) is 75.6 cm³/mol. The summed E-state index contributed by atoms with van der Waals surface area (Å²) < 4.78 is 39.7. The summed E-state index contributed by atoms with van der Waals surface area (Å²) in [4.78, 5) is 12.4. The van der Waals surface area contributed by atoms with Gasteiger partial charge < -0.3 is 5.11 Å². The number of rotatable bonds is 3. The maximum Gasteiger partial charge on any atom is 0.438 e. The van der Waals surface area contributed by atoms with Gasteiger partial charge in [-0.3, -0.25) is 4.79 Å². The number of carbonyl (C=O) groups excluding carboxylic acids is 1. The molecule has 22 heavy (non-hydrogen) atoms. The topological polar surface area (TPSA) is 52.9 Å². The first-order chi connectivity index (χ1) is 10.2. The highest BCUT2D eigenvalue weighted by molar-refractivity contribution is 6.33. The quantitative estimate of drug-likeness (QED) is 0.918. The van der Waals surface area contributed by atoms with E-state index in [0.29, 0.717) is 6.42 Å². The van der Waals surface area contributed by atoms with Gasteiger partial charge in [-0.15, -0.1) is 0 Å². The van der Waals surface area contributed by atoms with Crippen molar-refractivity contribution in [3.05, 3.63) is 34.9 Å². The second-order valence-corrected chi connectivity index (χ2v) is 5.41. The average Bonchev–Trinajstić information content (AvgIpc) is 2.77. The van der Waals surface area contributed by atoms with Gasteiger partial charge in [0.1, 0.15) is 0 Å². The van der Waals surface area contributed by atoms with Crippen LogP contribution in [-0.4, -0.2) is 33.6 Å². The van der Waals surface area contributed by atoms with Gasteiger partial charge in [0.05, 0.1) is 10.6 Å². The van der Waals surface area contributed by atoms with Crippen LogP contribution >= 0.6 is 11.6 Å². The van der Waals surface area contributed by atoms with E-state index >= 15 is 0 Å². The Bertz CT molecular complexity index is 618. The molecule has 0 saturated heterocycles. The maximum absolute atomic E-state index is 13.2. The molecule has 0 spiro atoms. The van der Waals surface area contributed by atoms with Crippen molar-refractivity contribution >= 4 is 23.2 Å². The van der Waals surface area contributed by atoms with E-state index in [9.17, 15) is 23.1 Å². The summed E-state index contributed by atoms with van der Waals surface area (Å²) in [6, 6.07) is 5.69. The molecule has 0 unspecified atom stereocenters. The number of aliphatic hydroxyl groups is 1. The lowest BCUT2D eigenvalue weighted by Crippen LogP contribution is -2.56. The van der Waals surface area contributed by atoms with Crippen LogP contribution in [0.1, 0.15) is 36.5 Å². The summed E-state index contributed by atoms with van der Waals surface area (Å²) in [5, 5.41) is 13.8. The highest BCUT2D eigenvalue weighted by Crippen LogP contribution is 2.41. The van der Waals surface area contributed by atoms with Gasteiger partial charge in [-0.05, 0) is 18.6 Å².